The molecule has 32 heavy (non-hydrogen) atoms. The van der Waals surface area contributed by atoms with E-state index in [4.69, 9.17) is 24.4 Å². The standard InChI is InChI=1S/C23H31N5O4/c1-2-16-14-19-22-18-15-17(7-8-20(18)28(26-22)21-6-3-4-11-31-21)30-12-5-9-24-23(29)32-13-10-27(16)25-19/h7-8,15-16,21H,2-6,9-14H2,1H3,(H,24,29). The first-order chi connectivity index (χ1) is 15.7. The third kappa shape index (κ3) is 4.26. The number of benzene rings is 1. The van der Waals surface area contributed by atoms with Gasteiger partial charge in [0.25, 0.3) is 0 Å². The third-order valence-corrected chi connectivity index (χ3v) is 6.36. The van der Waals surface area contributed by atoms with Crippen LogP contribution in [0.5, 0.6) is 5.75 Å². The highest BCUT2D eigenvalue weighted by molar-refractivity contribution is 6.10. The predicted molar refractivity (Wildman–Crippen MR) is 120 cm³/mol. The average Bonchev–Trinajstić information content (AvgIpc) is 3.40. The molecule has 1 aromatic carbocycles. The number of fused-ring (bicyclic) bond motifs is 3. The molecule has 1 N–H and O–H groups in total. The summed E-state index contributed by atoms with van der Waals surface area (Å²) in [5.74, 6) is 0.792. The van der Waals surface area contributed by atoms with Crippen molar-refractivity contribution in [3.63, 3.8) is 0 Å². The molecule has 2 atom stereocenters. The lowest BCUT2D eigenvalue weighted by molar-refractivity contribution is -0.0367. The van der Waals surface area contributed by atoms with Gasteiger partial charge in [0.1, 0.15) is 18.1 Å². The van der Waals surface area contributed by atoms with E-state index in [0.29, 0.717) is 32.7 Å². The quantitative estimate of drug-likeness (QED) is 0.768. The number of rotatable bonds is 2. The highest BCUT2D eigenvalue weighted by Gasteiger charge is 2.30. The van der Waals surface area contributed by atoms with E-state index < -0.39 is 6.09 Å². The first-order valence-corrected chi connectivity index (χ1v) is 11.7. The molecule has 4 heterocycles. The van der Waals surface area contributed by atoms with E-state index in [1.807, 2.05) is 15.8 Å². The number of carbonyl (C=O) groups is 1. The number of hydrogen-bond donors (Lipinski definition) is 1. The van der Waals surface area contributed by atoms with Gasteiger partial charge >= 0.3 is 6.09 Å². The number of ether oxygens (including phenoxy) is 3. The Morgan fingerprint density at radius 3 is 2.94 bits per heavy atom. The van der Waals surface area contributed by atoms with Crippen molar-refractivity contribution in [3.05, 3.63) is 23.9 Å². The van der Waals surface area contributed by atoms with Crippen molar-refractivity contribution in [2.45, 2.75) is 57.7 Å². The minimum Gasteiger partial charge on any atom is -0.494 e. The van der Waals surface area contributed by atoms with Crippen molar-refractivity contribution in [2.24, 2.45) is 5.10 Å². The van der Waals surface area contributed by atoms with Crippen LogP contribution < -0.4 is 10.1 Å². The summed E-state index contributed by atoms with van der Waals surface area (Å²) in [6, 6.07) is 6.38. The number of nitrogens with zero attached hydrogens (tertiary/aromatic N) is 4. The van der Waals surface area contributed by atoms with Crippen LogP contribution in [0.4, 0.5) is 4.79 Å². The van der Waals surface area contributed by atoms with Crippen LogP contribution in [0.15, 0.2) is 23.3 Å². The maximum Gasteiger partial charge on any atom is 0.407 e. The molecular formula is C23H31N5O4. The summed E-state index contributed by atoms with van der Waals surface area (Å²) in [7, 11) is 0. The molecular weight excluding hydrogens is 410 g/mol. The monoisotopic (exact) mass is 441 g/mol. The van der Waals surface area contributed by atoms with Crippen molar-refractivity contribution in [3.8, 4) is 5.75 Å². The SMILES string of the molecule is CCC1CC2=NN1CCOC(=O)NCCCOc1ccc3c(c1)c2nn3C1CCCCO1. The molecule has 1 aromatic heterocycles. The van der Waals surface area contributed by atoms with Crippen LogP contribution in [0.25, 0.3) is 10.9 Å². The second-order valence-corrected chi connectivity index (χ2v) is 8.53. The number of carbonyl (C=O) groups excluding carboxylic acids is 1. The van der Waals surface area contributed by atoms with Crippen molar-refractivity contribution in [1.82, 2.24) is 20.1 Å². The molecule has 5 rings (SSSR count). The van der Waals surface area contributed by atoms with Gasteiger partial charge in [-0.25, -0.2) is 9.48 Å². The number of alkyl carbamates (subject to hydrolysis) is 1. The van der Waals surface area contributed by atoms with Crippen LogP contribution in [0.1, 0.15) is 57.4 Å². The van der Waals surface area contributed by atoms with Gasteiger partial charge in [-0.2, -0.15) is 10.2 Å². The molecule has 9 heteroatoms. The van der Waals surface area contributed by atoms with Crippen molar-refractivity contribution >= 4 is 22.7 Å². The molecule has 1 saturated heterocycles. The second kappa shape index (κ2) is 9.36. The van der Waals surface area contributed by atoms with Gasteiger partial charge in [-0.05, 0) is 50.3 Å². The van der Waals surface area contributed by atoms with E-state index in [1.54, 1.807) is 0 Å². The number of amides is 1. The smallest absolute Gasteiger partial charge is 0.407 e. The van der Waals surface area contributed by atoms with Crippen LogP contribution in [0.2, 0.25) is 0 Å². The lowest BCUT2D eigenvalue weighted by Gasteiger charge is -2.23. The molecule has 172 valence electrons. The van der Waals surface area contributed by atoms with Crippen molar-refractivity contribution in [1.29, 1.82) is 0 Å². The zero-order chi connectivity index (χ0) is 21.9. The van der Waals surface area contributed by atoms with Crippen molar-refractivity contribution in [2.75, 3.05) is 32.9 Å². The average molecular weight is 442 g/mol. The molecule has 0 aliphatic carbocycles. The van der Waals surface area contributed by atoms with Gasteiger partial charge in [0, 0.05) is 25.0 Å². The lowest BCUT2D eigenvalue weighted by Crippen LogP contribution is -2.32. The minimum absolute atomic E-state index is 0.0496. The fourth-order valence-electron chi connectivity index (χ4n) is 4.63. The van der Waals surface area contributed by atoms with Gasteiger partial charge in [-0.3, -0.25) is 5.01 Å². The lowest BCUT2D eigenvalue weighted by atomic mass is 10.0. The maximum atomic E-state index is 11.9. The van der Waals surface area contributed by atoms with E-state index in [2.05, 4.69) is 24.4 Å². The summed E-state index contributed by atoms with van der Waals surface area (Å²) in [6.07, 6.45) is 5.22. The van der Waals surface area contributed by atoms with Crippen LogP contribution in [-0.2, 0) is 9.47 Å². The zero-order valence-electron chi connectivity index (χ0n) is 18.6. The topological polar surface area (TPSA) is 90.2 Å². The Balaban J connectivity index is 1.54. The fraction of sp³-hybridized carbons (Fsp3) is 0.609. The Hall–Kier alpha value is -2.81. The molecule has 4 bridgehead atoms. The van der Waals surface area contributed by atoms with Gasteiger partial charge in [-0.15, -0.1) is 0 Å². The summed E-state index contributed by atoms with van der Waals surface area (Å²) in [5, 5.41) is 15.8. The molecule has 2 unspecified atom stereocenters. The van der Waals surface area contributed by atoms with Crippen molar-refractivity contribution < 1.29 is 19.0 Å². The number of hydrazone groups is 1. The molecule has 9 nitrogen and oxygen atoms in total. The summed E-state index contributed by atoms with van der Waals surface area (Å²) < 4.78 is 19.4. The molecule has 1 fully saturated rings. The summed E-state index contributed by atoms with van der Waals surface area (Å²) in [5.41, 5.74) is 2.90. The van der Waals surface area contributed by atoms with Gasteiger partial charge in [0.15, 0.2) is 6.23 Å². The summed E-state index contributed by atoms with van der Waals surface area (Å²) in [6.45, 7) is 4.80. The predicted octanol–water partition coefficient (Wildman–Crippen LogP) is 3.43. The van der Waals surface area contributed by atoms with Gasteiger partial charge in [0.05, 0.1) is 30.4 Å². The molecule has 0 spiro atoms. The minimum atomic E-state index is -0.400. The maximum absolute atomic E-state index is 11.9. The number of hydrogen-bond acceptors (Lipinski definition) is 7. The Labute approximate surface area is 187 Å². The van der Waals surface area contributed by atoms with Crippen LogP contribution in [0.3, 0.4) is 0 Å². The van der Waals surface area contributed by atoms with Gasteiger partial charge in [-0.1, -0.05) is 6.92 Å². The van der Waals surface area contributed by atoms with E-state index in [-0.39, 0.29) is 12.3 Å². The van der Waals surface area contributed by atoms with E-state index in [0.717, 1.165) is 66.8 Å². The highest BCUT2D eigenvalue weighted by Crippen LogP contribution is 2.33. The Bertz CT molecular complexity index is 998. The molecule has 0 radical (unpaired) electrons. The normalized spacial score (nSPS) is 24.7. The zero-order valence-corrected chi connectivity index (χ0v) is 18.6. The van der Waals surface area contributed by atoms with Gasteiger partial charge in [0.2, 0.25) is 0 Å². The molecule has 0 saturated carbocycles. The second-order valence-electron chi connectivity index (χ2n) is 8.53. The Morgan fingerprint density at radius 2 is 2.09 bits per heavy atom. The molecule has 2 aromatic rings. The van der Waals surface area contributed by atoms with Crippen LogP contribution in [0, 0.1) is 0 Å². The molecule has 1 amide bonds. The number of nitrogens with one attached hydrogen (secondary N) is 1. The Morgan fingerprint density at radius 1 is 1.16 bits per heavy atom. The third-order valence-electron chi connectivity index (χ3n) is 6.36. The highest BCUT2D eigenvalue weighted by atomic mass is 16.5. The molecule has 3 aliphatic heterocycles. The number of cyclic esters (lactones) is 1. The van der Waals surface area contributed by atoms with E-state index in [9.17, 15) is 4.79 Å². The van der Waals surface area contributed by atoms with Crippen LogP contribution in [-0.4, -0.2) is 65.5 Å². The molecule has 3 aliphatic rings. The van der Waals surface area contributed by atoms with E-state index in [1.165, 1.54) is 0 Å². The van der Waals surface area contributed by atoms with E-state index >= 15 is 0 Å². The largest absolute Gasteiger partial charge is 0.494 e. The van der Waals surface area contributed by atoms with Crippen LogP contribution >= 0.6 is 0 Å². The fourth-order valence-corrected chi connectivity index (χ4v) is 4.63. The summed E-state index contributed by atoms with van der Waals surface area (Å²) in [4.78, 5) is 11.9. The van der Waals surface area contributed by atoms with Gasteiger partial charge < -0.3 is 19.5 Å². The summed E-state index contributed by atoms with van der Waals surface area (Å²) >= 11 is 0. The first-order valence-electron chi connectivity index (χ1n) is 11.7. The number of aromatic nitrogens is 2. The first kappa shape index (κ1) is 21.1. The Kier molecular flexibility index (Phi) is 6.16.